The Balaban J connectivity index is 2.04. The lowest BCUT2D eigenvalue weighted by molar-refractivity contribution is 0.0299. The number of nitrogens with one attached hydrogen (secondary N) is 1. The number of hydrogen-bond acceptors (Lipinski definition) is 3. The molecule has 0 aromatic heterocycles. The van der Waals surface area contributed by atoms with Crippen LogP contribution in [0.1, 0.15) is 38.3 Å². The minimum absolute atomic E-state index is 0.0161. The molecule has 0 spiro atoms. The van der Waals surface area contributed by atoms with Gasteiger partial charge in [-0.2, -0.15) is 0 Å². The minimum atomic E-state index is -3.29. The molecule has 0 radical (unpaired) electrons. The monoisotopic (exact) mass is 283 g/mol. The van der Waals surface area contributed by atoms with Crippen molar-refractivity contribution in [1.29, 1.82) is 0 Å². The molecular formula is C14H21NO3S. The van der Waals surface area contributed by atoms with Crippen LogP contribution < -0.4 is 4.72 Å². The fraction of sp³-hybridized carbons (Fsp3) is 0.571. The van der Waals surface area contributed by atoms with E-state index in [0.717, 1.165) is 5.56 Å². The van der Waals surface area contributed by atoms with E-state index in [4.69, 9.17) is 4.74 Å². The molecule has 1 aliphatic rings. The van der Waals surface area contributed by atoms with Crippen LogP contribution >= 0.6 is 0 Å². The Hall–Kier alpha value is -0.910. The van der Waals surface area contributed by atoms with Gasteiger partial charge in [0.2, 0.25) is 10.0 Å². The normalized spacial score (nSPS) is 26.0. The standard InChI is InChI=1S/C14H21NO3S/c1-11-10-14(8-9-18-11)19(16,17)15-12(2)13-6-4-3-5-7-13/h3-7,11-12,14-15H,8-10H2,1-2H3/t11-,12+,14-/m1/s1. The summed E-state index contributed by atoms with van der Waals surface area (Å²) in [5.41, 5.74) is 0.978. The van der Waals surface area contributed by atoms with Crippen molar-refractivity contribution in [2.24, 2.45) is 0 Å². The Morgan fingerprint density at radius 2 is 2.00 bits per heavy atom. The van der Waals surface area contributed by atoms with E-state index in [1.165, 1.54) is 0 Å². The lowest BCUT2D eigenvalue weighted by atomic mass is 10.1. The van der Waals surface area contributed by atoms with E-state index in [0.29, 0.717) is 19.4 Å². The second-order valence-electron chi connectivity index (χ2n) is 5.12. The molecule has 5 heteroatoms. The van der Waals surface area contributed by atoms with Gasteiger partial charge in [0.05, 0.1) is 11.4 Å². The Morgan fingerprint density at radius 1 is 1.32 bits per heavy atom. The van der Waals surface area contributed by atoms with Crippen molar-refractivity contribution in [1.82, 2.24) is 4.72 Å². The second kappa shape index (κ2) is 6.03. The zero-order valence-corrected chi connectivity index (χ0v) is 12.2. The lowest BCUT2D eigenvalue weighted by Gasteiger charge is -2.28. The molecule has 1 N–H and O–H groups in total. The third-order valence-electron chi connectivity index (χ3n) is 3.52. The Labute approximate surface area is 115 Å². The zero-order chi connectivity index (χ0) is 13.9. The molecule has 1 saturated heterocycles. The molecule has 0 amide bonds. The van der Waals surface area contributed by atoms with Crippen LogP contribution in [0.3, 0.4) is 0 Å². The topological polar surface area (TPSA) is 55.4 Å². The molecule has 106 valence electrons. The van der Waals surface area contributed by atoms with Gasteiger partial charge in [-0.3, -0.25) is 0 Å². The molecule has 1 aliphatic heterocycles. The van der Waals surface area contributed by atoms with Crippen LogP contribution in [0.25, 0.3) is 0 Å². The van der Waals surface area contributed by atoms with E-state index in [1.807, 2.05) is 44.2 Å². The van der Waals surface area contributed by atoms with Crippen molar-refractivity contribution in [3.63, 3.8) is 0 Å². The highest BCUT2D eigenvalue weighted by Crippen LogP contribution is 2.22. The molecule has 0 saturated carbocycles. The highest BCUT2D eigenvalue weighted by molar-refractivity contribution is 7.90. The van der Waals surface area contributed by atoms with Crippen LogP contribution in [0, 0.1) is 0 Å². The molecule has 1 fully saturated rings. The van der Waals surface area contributed by atoms with E-state index in [2.05, 4.69) is 4.72 Å². The van der Waals surface area contributed by atoms with Crippen LogP contribution in [0.2, 0.25) is 0 Å². The first-order chi connectivity index (χ1) is 8.99. The maximum Gasteiger partial charge on any atom is 0.215 e. The molecule has 0 bridgehead atoms. The number of hydrogen-bond donors (Lipinski definition) is 1. The predicted molar refractivity (Wildman–Crippen MR) is 75.3 cm³/mol. The third-order valence-corrected chi connectivity index (χ3v) is 5.50. The number of rotatable bonds is 4. The molecular weight excluding hydrogens is 262 g/mol. The van der Waals surface area contributed by atoms with E-state index in [1.54, 1.807) is 0 Å². The van der Waals surface area contributed by atoms with Gasteiger partial charge in [-0.15, -0.1) is 0 Å². The van der Waals surface area contributed by atoms with Crippen LogP contribution in [0.15, 0.2) is 30.3 Å². The largest absolute Gasteiger partial charge is 0.378 e. The van der Waals surface area contributed by atoms with Crippen LogP contribution in [0.5, 0.6) is 0 Å². The summed E-state index contributed by atoms with van der Waals surface area (Å²) in [6.07, 6.45) is 1.15. The fourth-order valence-electron chi connectivity index (χ4n) is 2.39. The fourth-order valence-corrected chi connectivity index (χ4v) is 4.14. The van der Waals surface area contributed by atoms with E-state index < -0.39 is 10.0 Å². The molecule has 4 nitrogen and oxygen atoms in total. The summed E-state index contributed by atoms with van der Waals surface area (Å²) in [5, 5.41) is -0.345. The van der Waals surface area contributed by atoms with Crippen molar-refractivity contribution >= 4 is 10.0 Å². The quantitative estimate of drug-likeness (QED) is 0.922. The van der Waals surface area contributed by atoms with Crippen LogP contribution in [0.4, 0.5) is 0 Å². The molecule has 19 heavy (non-hydrogen) atoms. The van der Waals surface area contributed by atoms with Gasteiger partial charge in [-0.1, -0.05) is 30.3 Å². The summed E-state index contributed by atoms with van der Waals surface area (Å²) in [6.45, 7) is 4.31. The lowest BCUT2D eigenvalue weighted by Crippen LogP contribution is -2.41. The maximum atomic E-state index is 12.3. The maximum absolute atomic E-state index is 12.3. The van der Waals surface area contributed by atoms with Crippen molar-refractivity contribution in [3.05, 3.63) is 35.9 Å². The van der Waals surface area contributed by atoms with Gasteiger partial charge in [0.25, 0.3) is 0 Å². The number of ether oxygens (including phenoxy) is 1. The Bertz CT molecular complexity index is 501. The summed E-state index contributed by atoms with van der Waals surface area (Å²) < 4.78 is 32.9. The summed E-state index contributed by atoms with van der Waals surface area (Å²) in [7, 11) is -3.29. The molecule has 1 aromatic carbocycles. The third kappa shape index (κ3) is 3.78. The highest BCUT2D eigenvalue weighted by atomic mass is 32.2. The molecule has 2 rings (SSSR count). The highest BCUT2D eigenvalue weighted by Gasteiger charge is 2.31. The summed E-state index contributed by atoms with van der Waals surface area (Å²) in [5.74, 6) is 0. The zero-order valence-electron chi connectivity index (χ0n) is 11.4. The van der Waals surface area contributed by atoms with Gasteiger partial charge >= 0.3 is 0 Å². The first-order valence-electron chi connectivity index (χ1n) is 6.67. The summed E-state index contributed by atoms with van der Waals surface area (Å²) in [6, 6.07) is 9.40. The molecule has 0 aliphatic carbocycles. The Kier molecular flexibility index (Phi) is 4.60. The van der Waals surface area contributed by atoms with Gasteiger partial charge in [-0.05, 0) is 32.3 Å². The molecule has 0 unspecified atom stereocenters. The van der Waals surface area contributed by atoms with Crippen molar-refractivity contribution in [2.75, 3.05) is 6.61 Å². The average Bonchev–Trinajstić information content (AvgIpc) is 2.39. The second-order valence-corrected chi connectivity index (χ2v) is 7.12. The smallest absolute Gasteiger partial charge is 0.215 e. The van der Waals surface area contributed by atoms with E-state index >= 15 is 0 Å². The van der Waals surface area contributed by atoms with Crippen LogP contribution in [-0.4, -0.2) is 26.4 Å². The van der Waals surface area contributed by atoms with Gasteiger partial charge in [0, 0.05) is 12.6 Å². The number of sulfonamides is 1. The first-order valence-corrected chi connectivity index (χ1v) is 8.21. The minimum Gasteiger partial charge on any atom is -0.378 e. The van der Waals surface area contributed by atoms with Gasteiger partial charge < -0.3 is 4.74 Å². The van der Waals surface area contributed by atoms with E-state index in [9.17, 15) is 8.42 Å². The predicted octanol–water partition coefficient (Wildman–Crippen LogP) is 2.23. The van der Waals surface area contributed by atoms with Gasteiger partial charge in [0.1, 0.15) is 0 Å². The average molecular weight is 283 g/mol. The van der Waals surface area contributed by atoms with Gasteiger partial charge in [0.15, 0.2) is 0 Å². The summed E-state index contributed by atoms with van der Waals surface area (Å²) >= 11 is 0. The van der Waals surface area contributed by atoms with E-state index in [-0.39, 0.29) is 17.4 Å². The van der Waals surface area contributed by atoms with Crippen LogP contribution in [-0.2, 0) is 14.8 Å². The SMILES string of the molecule is C[C@@H]1C[C@H](S(=O)(=O)N[C@@H](C)c2ccccc2)CCO1. The van der Waals surface area contributed by atoms with Crippen molar-refractivity contribution in [3.8, 4) is 0 Å². The molecule has 1 aromatic rings. The van der Waals surface area contributed by atoms with Crippen molar-refractivity contribution in [2.45, 2.75) is 44.1 Å². The first kappa shape index (κ1) is 14.5. The van der Waals surface area contributed by atoms with Crippen molar-refractivity contribution < 1.29 is 13.2 Å². The summed E-state index contributed by atoms with van der Waals surface area (Å²) in [4.78, 5) is 0. The molecule has 3 atom stereocenters. The molecule has 1 heterocycles. The number of benzene rings is 1. The van der Waals surface area contributed by atoms with Gasteiger partial charge in [-0.25, -0.2) is 13.1 Å². The Morgan fingerprint density at radius 3 is 2.63 bits per heavy atom.